The van der Waals surface area contributed by atoms with Crippen molar-refractivity contribution in [3.8, 4) is 0 Å². The van der Waals surface area contributed by atoms with Crippen molar-refractivity contribution >= 4 is 29.6 Å². The third-order valence-corrected chi connectivity index (χ3v) is 19.2. The van der Waals surface area contributed by atoms with Crippen LogP contribution in [0.25, 0.3) is 0 Å². The number of amides is 4. The zero-order valence-corrected chi connectivity index (χ0v) is 57.2. The van der Waals surface area contributed by atoms with Crippen LogP contribution in [-0.2, 0) is 95.0 Å². The number of carboxylic acids is 1. The molecule has 0 aromatic carbocycles. The Kier molecular flexibility index (Phi) is 30.9. The standard InChI is InChI=1S/C59H98N4O43/c1-14-31(75)39(83)42(86)54(94-14)92-13-26-47(36(80)28(51(89)95-26)61-16(3)70)101-52-29(62-17(4)71)37(81)45(23(10-67)98-52)102-55-43(87)40(84)34(78)25(100-55)12-93-57-50(41(85)33(77)21(8-65)97-57)104-53-30(63-18(5)72)38(82)46(24(11-68)99-53)103-56-44(88)49(35(79)22(9-66)96-56)106-59(58(90)91)6-19(73)27(60-15(2)69)48(105-59)32(76)20(74)7-64/h14,19-57,64-68,73-89H,6-13H2,1-5H3,(H,60,69)(H,61,70)(H,62,71)(H,63,72)(H,90,91)/t14-,19-,20+,21+,22+,23+,24+,25+,26+,27+,28+,29+,30+,31+,32+,33+,34+,35-,36+,37+,38+,39+,40-,41-,42-,43-,44+,45+,46+,47+,48+,49-,50-,51+,52-,53-,54+,55-,56-,57-,59-/m0/s1. The minimum Gasteiger partial charge on any atom is -0.477 e. The molecule has 0 bridgehead atoms. The van der Waals surface area contributed by atoms with Gasteiger partial charge in [0.25, 0.3) is 5.79 Å². The third-order valence-electron chi connectivity index (χ3n) is 19.2. The Morgan fingerprint density at radius 2 is 0.811 bits per heavy atom. The highest BCUT2D eigenvalue weighted by Crippen LogP contribution is 2.41. The van der Waals surface area contributed by atoms with Crippen molar-refractivity contribution < 1.29 is 212 Å². The number of aliphatic hydroxyl groups is 22. The van der Waals surface area contributed by atoms with E-state index in [9.17, 15) is 141 Å². The average molecular weight is 1550 g/mol. The van der Waals surface area contributed by atoms with Gasteiger partial charge in [-0.2, -0.15) is 0 Å². The summed E-state index contributed by atoms with van der Waals surface area (Å²) in [6, 6.07) is -7.18. The van der Waals surface area contributed by atoms with Gasteiger partial charge in [0.15, 0.2) is 44.0 Å². The van der Waals surface area contributed by atoms with Gasteiger partial charge in [0.1, 0.15) is 183 Å². The lowest BCUT2D eigenvalue weighted by atomic mass is 9.88. The van der Waals surface area contributed by atoms with E-state index in [1.54, 1.807) is 0 Å². The number of hydrogen-bond acceptors (Lipinski definition) is 42. The van der Waals surface area contributed by atoms with E-state index in [4.69, 9.17) is 71.1 Å². The lowest BCUT2D eigenvalue weighted by molar-refractivity contribution is -0.390. The van der Waals surface area contributed by atoms with E-state index < -0.39 is 333 Å². The molecule has 106 heavy (non-hydrogen) atoms. The van der Waals surface area contributed by atoms with Crippen LogP contribution in [0.15, 0.2) is 0 Å². The molecule has 0 radical (unpaired) electrons. The second-order valence-electron chi connectivity index (χ2n) is 26.8. The van der Waals surface area contributed by atoms with E-state index >= 15 is 0 Å². The fraction of sp³-hybridized carbons (Fsp3) is 0.915. The summed E-state index contributed by atoms with van der Waals surface area (Å²) in [5.41, 5.74) is 0. The molecule has 8 aliphatic heterocycles. The van der Waals surface area contributed by atoms with E-state index in [1.807, 2.05) is 0 Å². The molecular formula is C59H98N4O43. The molecule has 47 heteroatoms. The van der Waals surface area contributed by atoms with E-state index in [2.05, 4.69) is 21.3 Å². The normalized spacial score (nSPS) is 47.2. The van der Waals surface area contributed by atoms with Crippen molar-refractivity contribution in [1.82, 2.24) is 21.3 Å². The second kappa shape index (κ2) is 37.5. The van der Waals surface area contributed by atoms with E-state index in [1.165, 1.54) is 6.92 Å². The monoisotopic (exact) mass is 1550 g/mol. The smallest absolute Gasteiger partial charge is 0.364 e. The van der Waals surface area contributed by atoms with Crippen LogP contribution in [0, 0.1) is 0 Å². The molecule has 47 nitrogen and oxygen atoms in total. The lowest BCUT2D eigenvalue weighted by Crippen LogP contribution is -2.71. The molecular weight excluding hydrogens is 1450 g/mol. The summed E-state index contributed by atoms with van der Waals surface area (Å²) >= 11 is 0. The second-order valence-corrected chi connectivity index (χ2v) is 26.8. The number of carboxylic acid groups (broad SMARTS) is 1. The van der Waals surface area contributed by atoms with Gasteiger partial charge in [0.2, 0.25) is 23.6 Å². The Bertz CT molecular complexity index is 2860. The molecule has 8 saturated heterocycles. The molecule has 8 aliphatic rings. The van der Waals surface area contributed by atoms with Crippen molar-refractivity contribution in [2.24, 2.45) is 0 Å². The minimum absolute atomic E-state index is 0.773. The Hall–Kier alpha value is -4.13. The molecule has 0 aromatic rings. The highest BCUT2D eigenvalue weighted by molar-refractivity contribution is 5.77. The number of carbonyl (C=O) groups excluding carboxylic acids is 4. The molecule has 4 amide bonds. The Labute approximate surface area is 600 Å². The fourth-order valence-corrected chi connectivity index (χ4v) is 13.5. The van der Waals surface area contributed by atoms with Crippen LogP contribution in [-0.4, -0.2) is 444 Å². The molecule has 0 aliphatic carbocycles. The highest BCUT2D eigenvalue weighted by Gasteiger charge is 2.62. The van der Waals surface area contributed by atoms with Crippen LogP contribution in [0.2, 0.25) is 0 Å². The Balaban J connectivity index is 0.987. The van der Waals surface area contributed by atoms with Crippen molar-refractivity contribution in [2.75, 3.05) is 46.2 Å². The van der Waals surface area contributed by atoms with Crippen molar-refractivity contribution in [3.05, 3.63) is 0 Å². The summed E-state index contributed by atoms with van der Waals surface area (Å²) < 4.78 is 87.4. The van der Waals surface area contributed by atoms with Crippen LogP contribution in [0.1, 0.15) is 41.0 Å². The van der Waals surface area contributed by atoms with E-state index in [0.717, 1.165) is 27.7 Å². The molecule has 27 N–H and O–H groups in total. The number of carbonyl (C=O) groups is 5. The topological polar surface area (TPSA) is 737 Å². The molecule has 0 unspecified atom stereocenters. The number of aliphatic carboxylic acids is 1. The molecule has 8 fully saturated rings. The molecule has 612 valence electrons. The number of rotatable bonds is 28. The zero-order chi connectivity index (χ0) is 78.6. The molecule has 8 heterocycles. The molecule has 8 rings (SSSR count). The maximum absolute atomic E-state index is 13.1. The summed E-state index contributed by atoms with van der Waals surface area (Å²) in [5, 5.41) is 262. The fourth-order valence-electron chi connectivity index (χ4n) is 13.5. The first-order chi connectivity index (χ1) is 49.9. The summed E-state index contributed by atoms with van der Waals surface area (Å²) in [6.07, 6.45) is -74.0. The first-order valence-corrected chi connectivity index (χ1v) is 33.6. The molecule has 41 atom stereocenters. The number of aliphatic hydroxyl groups excluding tert-OH is 22. The third kappa shape index (κ3) is 19.3. The predicted octanol–water partition coefficient (Wildman–Crippen LogP) is -17.6. The number of hydrogen-bond donors (Lipinski definition) is 27. The Morgan fingerprint density at radius 1 is 0.406 bits per heavy atom. The van der Waals surface area contributed by atoms with Crippen molar-refractivity contribution in [3.63, 3.8) is 0 Å². The van der Waals surface area contributed by atoms with Gasteiger partial charge in [-0.05, 0) is 6.92 Å². The number of ether oxygens (including phenoxy) is 15. The summed E-state index contributed by atoms with van der Waals surface area (Å²) in [6.45, 7) is -2.30. The highest BCUT2D eigenvalue weighted by atomic mass is 16.8. The summed E-state index contributed by atoms with van der Waals surface area (Å²) in [5.74, 6) is -8.86. The van der Waals surface area contributed by atoms with Gasteiger partial charge in [0, 0.05) is 34.1 Å². The van der Waals surface area contributed by atoms with Crippen molar-refractivity contribution in [2.45, 2.75) is 292 Å². The average Bonchev–Trinajstić information content (AvgIpc) is 0.749. The largest absolute Gasteiger partial charge is 0.477 e. The van der Waals surface area contributed by atoms with Gasteiger partial charge >= 0.3 is 5.97 Å². The summed E-state index contributed by atoms with van der Waals surface area (Å²) in [4.78, 5) is 63.2. The quantitative estimate of drug-likeness (QED) is 0.0346. The van der Waals surface area contributed by atoms with Crippen LogP contribution in [0.3, 0.4) is 0 Å². The van der Waals surface area contributed by atoms with E-state index in [-0.39, 0.29) is 0 Å². The predicted molar refractivity (Wildman–Crippen MR) is 327 cm³/mol. The van der Waals surface area contributed by atoms with Gasteiger partial charge in [-0.1, -0.05) is 0 Å². The molecule has 0 saturated carbocycles. The minimum atomic E-state index is -3.25. The van der Waals surface area contributed by atoms with Crippen LogP contribution >= 0.6 is 0 Å². The van der Waals surface area contributed by atoms with Gasteiger partial charge in [-0.3, -0.25) is 19.2 Å². The van der Waals surface area contributed by atoms with Gasteiger partial charge in [-0.15, -0.1) is 0 Å². The lowest BCUT2D eigenvalue weighted by Gasteiger charge is -2.51. The van der Waals surface area contributed by atoms with Gasteiger partial charge < -0.3 is 210 Å². The first kappa shape index (κ1) is 87.4. The van der Waals surface area contributed by atoms with Gasteiger partial charge in [-0.25, -0.2) is 4.79 Å². The van der Waals surface area contributed by atoms with Crippen LogP contribution < -0.4 is 21.3 Å². The van der Waals surface area contributed by atoms with Crippen LogP contribution in [0.5, 0.6) is 0 Å². The summed E-state index contributed by atoms with van der Waals surface area (Å²) in [7, 11) is 0. The Morgan fingerprint density at radius 3 is 1.33 bits per heavy atom. The van der Waals surface area contributed by atoms with Crippen LogP contribution in [0.4, 0.5) is 0 Å². The SMILES string of the molecule is CC(=O)N[C@@H]1[C@@H](O)[C@H](O[C@@H]2O[C@H](CO)[C@@H](O[C@@H]3O[C@H](CO[C@H]4O[C@H](CO)[C@@H](O)[C@H](O)[C@@H]4O[C@@H]4O[C@H](CO)[C@@H](O[C@@H]5O[C@H](CO)[C@H](O)[C@H](O[C@]6(C(=O)O)C[C@H](O)[C@@H](NC(C)=O)[C@H]([C@H](O)[C@H](O)CO)O6)[C@H]5O)[C@H](O)[C@H]4NC(C)=O)[C@@H](O)[C@H](O)[C@@H]3O)[C@H](O)[C@H]2NC(C)=O)[C@@H](CO[C@@H]2O[C@@H](C)[C@@H](O)[C@@H](O)[C@@H]2O)O[C@H]1O. The van der Waals surface area contributed by atoms with Crippen molar-refractivity contribution in [1.29, 1.82) is 0 Å². The molecule has 0 aromatic heterocycles. The zero-order valence-electron chi connectivity index (χ0n) is 57.2. The van der Waals surface area contributed by atoms with E-state index in [0.29, 0.717) is 0 Å². The number of nitrogens with one attached hydrogen (secondary N) is 4. The van der Waals surface area contributed by atoms with Gasteiger partial charge in [0.05, 0.1) is 64.5 Å². The maximum Gasteiger partial charge on any atom is 0.364 e. The maximum atomic E-state index is 13.1. The first-order valence-electron chi connectivity index (χ1n) is 33.6. The molecule has 0 spiro atoms.